The lowest BCUT2D eigenvalue weighted by Crippen LogP contribution is -2.36. The van der Waals surface area contributed by atoms with Gasteiger partial charge in [-0.1, -0.05) is 6.92 Å². The molecule has 4 nitrogen and oxygen atoms in total. The summed E-state index contributed by atoms with van der Waals surface area (Å²) in [6.07, 6.45) is 1.45. The number of hydrogen-bond acceptors (Lipinski definition) is 3. The molecule has 1 rings (SSSR count). The first kappa shape index (κ1) is 12.4. The van der Waals surface area contributed by atoms with E-state index in [2.05, 4.69) is 12.2 Å². The van der Waals surface area contributed by atoms with Gasteiger partial charge in [0.05, 0.1) is 12.7 Å². The molecule has 1 fully saturated rings. The van der Waals surface area contributed by atoms with E-state index in [1.165, 1.54) is 0 Å². The van der Waals surface area contributed by atoms with Gasteiger partial charge in [-0.25, -0.2) is 0 Å². The molecule has 78 valence electrons. The Morgan fingerprint density at radius 3 is 2.54 bits per heavy atom. The van der Waals surface area contributed by atoms with Crippen LogP contribution in [0.2, 0.25) is 0 Å². The molecule has 0 aliphatic carbocycles. The lowest BCUT2D eigenvalue weighted by molar-refractivity contribution is -0.137. The van der Waals surface area contributed by atoms with Crippen molar-refractivity contribution >= 4 is 5.97 Å². The molecular formula is C9H19NO3. The van der Waals surface area contributed by atoms with Gasteiger partial charge in [0.15, 0.2) is 0 Å². The highest BCUT2D eigenvalue weighted by Gasteiger charge is 2.04. The smallest absolute Gasteiger partial charge is 0.303 e. The van der Waals surface area contributed by atoms with Gasteiger partial charge in [-0.2, -0.15) is 0 Å². The minimum absolute atomic E-state index is 0.292. The molecule has 0 aromatic rings. The van der Waals surface area contributed by atoms with Gasteiger partial charge in [-0.3, -0.25) is 4.79 Å². The maximum atomic E-state index is 9.60. The van der Waals surface area contributed by atoms with Crippen LogP contribution in [0.4, 0.5) is 0 Å². The third-order valence-corrected chi connectivity index (χ3v) is 1.58. The van der Waals surface area contributed by atoms with Crippen LogP contribution in [0.1, 0.15) is 26.7 Å². The molecule has 0 aromatic heterocycles. The highest BCUT2D eigenvalue weighted by Crippen LogP contribution is 1.91. The Morgan fingerprint density at radius 1 is 1.69 bits per heavy atom. The number of hydrogen-bond donors (Lipinski definition) is 2. The number of rotatable bonds is 2. The number of aliphatic carboxylic acids is 1. The summed E-state index contributed by atoms with van der Waals surface area (Å²) in [5.41, 5.74) is 0. The molecule has 1 aliphatic heterocycles. The average Bonchev–Trinajstić information content (AvgIpc) is 2.06. The van der Waals surface area contributed by atoms with E-state index in [0.29, 0.717) is 12.5 Å². The van der Waals surface area contributed by atoms with Crippen LogP contribution in [0.5, 0.6) is 0 Å². The van der Waals surface area contributed by atoms with E-state index in [-0.39, 0.29) is 0 Å². The van der Waals surface area contributed by atoms with Crippen molar-refractivity contribution in [3.63, 3.8) is 0 Å². The Hall–Kier alpha value is -0.610. The van der Waals surface area contributed by atoms with Crippen molar-refractivity contribution < 1.29 is 14.6 Å². The number of nitrogens with one attached hydrogen (secondary N) is 1. The molecule has 0 radical (unpaired) electrons. The zero-order chi connectivity index (χ0) is 10.1. The molecule has 1 unspecified atom stereocenters. The van der Waals surface area contributed by atoms with Crippen molar-refractivity contribution in [2.24, 2.45) is 0 Å². The summed E-state index contributed by atoms with van der Waals surface area (Å²) in [6.45, 7) is 6.83. The van der Waals surface area contributed by atoms with E-state index in [0.717, 1.165) is 26.1 Å². The topological polar surface area (TPSA) is 58.6 Å². The predicted molar refractivity (Wildman–Crippen MR) is 50.8 cm³/mol. The molecule has 0 saturated carbocycles. The summed E-state index contributed by atoms with van der Waals surface area (Å²) in [4.78, 5) is 9.60. The summed E-state index contributed by atoms with van der Waals surface area (Å²) in [6, 6.07) is 0. The van der Waals surface area contributed by atoms with Crippen molar-refractivity contribution in [2.75, 3.05) is 19.7 Å². The maximum Gasteiger partial charge on any atom is 0.303 e. The van der Waals surface area contributed by atoms with Crippen LogP contribution in [0.25, 0.3) is 0 Å². The van der Waals surface area contributed by atoms with Crippen molar-refractivity contribution in [1.82, 2.24) is 5.32 Å². The molecule has 1 aliphatic rings. The van der Waals surface area contributed by atoms with Gasteiger partial charge in [0.2, 0.25) is 0 Å². The highest BCUT2D eigenvalue weighted by molar-refractivity contribution is 5.66. The van der Waals surface area contributed by atoms with Crippen LogP contribution in [0.3, 0.4) is 0 Å². The zero-order valence-electron chi connectivity index (χ0n) is 8.38. The van der Waals surface area contributed by atoms with Gasteiger partial charge in [-0.05, 0) is 13.3 Å². The van der Waals surface area contributed by atoms with E-state index in [4.69, 9.17) is 9.84 Å². The van der Waals surface area contributed by atoms with Gasteiger partial charge >= 0.3 is 5.97 Å². The molecule has 1 atom stereocenters. The highest BCUT2D eigenvalue weighted by atomic mass is 16.5. The first-order valence-electron chi connectivity index (χ1n) is 4.71. The van der Waals surface area contributed by atoms with Crippen LogP contribution in [-0.4, -0.2) is 36.9 Å². The summed E-state index contributed by atoms with van der Waals surface area (Å²) in [5.74, 6) is -0.711. The zero-order valence-corrected chi connectivity index (χ0v) is 8.38. The monoisotopic (exact) mass is 189 g/mol. The summed E-state index contributed by atoms with van der Waals surface area (Å²) >= 11 is 0. The third kappa shape index (κ3) is 9.30. The van der Waals surface area contributed by atoms with Gasteiger partial charge < -0.3 is 15.2 Å². The van der Waals surface area contributed by atoms with E-state index in [9.17, 15) is 4.79 Å². The second kappa shape index (κ2) is 8.01. The van der Waals surface area contributed by atoms with Gasteiger partial charge in [0.1, 0.15) is 0 Å². The standard InChI is InChI=1S/C5H11NO.C4H8O2/c1-5-4-6-2-3-7-5;1-2-3-4(5)6/h5-6H,2-4H2,1H3;2-3H2,1H3,(H,5,6). The lowest BCUT2D eigenvalue weighted by Gasteiger charge is -2.18. The fourth-order valence-electron chi connectivity index (χ4n) is 0.910. The minimum Gasteiger partial charge on any atom is -0.481 e. The minimum atomic E-state index is -0.711. The van der Waals surface area contributed by atoms with Crippen LogP contribution < -0.4 is 5.32 Å². The van der Waals surface area contributed by atoms with Crippen molar-refractivity contribution in [3.8, 4) is 0 Å². The summed E-state index contributed by atoms with van der Waals surface area (Å²) in [5, 5.41) is 11.1. The van der Waals surface area contributed by atoms with Gasteiger partial charge in [0, 0.05) is 19.5 Å². The Bertz CT molecular complexity index is 133. The normalized spacial score (nSPS) is 21.5. The predicted octanol–water partition coefficient (Wildman–Crippen LogP) is 0.866. The number of carbonyl (C=O) groups is 1. The van der Waals surface area contributed by atoms with Gasteiger partial charge in [-0.15, -0.1) is 0 Å². The molecule has 1 heterocycles. The molecule has 1 saturated heterocycles. The second-order valence-corrected chi connectivity index (χ2v) is 3.03. The van der Waals surface area contributed by atoms with Crippen molar-refractivity contribution in [3.05, 3.63) is 0 Å². The van der Waals surface area contributed by atoms with Crippen molar-refractivity contribution in [1.29, 1.82) is 0 Å². The fraction of sp³-hybridized carbons (Fsp3) is 0.889. The Morgan fingerprint density at radius 2 is 2.38 bits per heavy atom. The quantitative estimate of drug-likeness (QED) is 0.676. The Balaban J connectivity index is 0.000000226. The Kier molecular flexibility index (Phi) is 7.63. The molecule has 13 heavy (non-hydrogen) atoms. The fourth-order valence-corrected chi connectivity index (χ4v) is 0.910. The molecule has 4 heteroatoms. The lowest BCUT2D eigenvalue weighted by atomic mass is 10.3. The first-order valence-corrected chi connectivity index (χ1v) is 4.71. The SMILES string of the molecule is CC1CNCCO1.CCCC(=O)O. The first-order chi connectivity index (χ1) is 6.16. The van der Waals surface area contributed by atoms with E-state index >= 15 is 0 Å². The number of ether oxygens (including phenoxy) is 1. The van der Waals surface area contributed by atoms with E-state index in [1.807, 2.05) is 6.92 Å². The second-order valence-electron chi connectivity index (χ2n) is 3.03. The molecule has 0 spiro atoms. The average molecular weight is 189 g/mol. The third-order valence-electron chi connectivity index (χ3n) is 1.58. The Labute approximate surface area is 79.3 Å². The number of morpholine rings is 1. The van der Waals surface area contributed by atoms with E-state index in [1.54, 1.807) is 0 Å². The molecular weight excluding hydrogens is 170 g/mol. The molecule has 0 amide bonds. The number of carboxylic acid groups (broad SMARTS) is 1. The van der Waals surface area contributed by atoms with Crippen molar-refractivity contribution in [2.45, 2.75) is 32.8 Å². The van der Waals surface area contributed by atoms with E-state index < -0.39 is 5.97 Å². The van der Waals surface area contributed by atoms with Crippen LogP contribution >= 0.6 is 0 Å². The largest absolute Gasteiger partial charge is 0.481 e. The summed E-state index contributed by atoms with van der Waals surface area (Å²) < 4.78 is 5.22. The molecule has 0 bridgehead atoms. The molecule has 2 N–H and O–H groups in total. The van der Waals surface area contributed by atoms with Gasteiger partial charge in [0.25, 0.3) is 0 Å². The molecule has 0 aromatic carbocycles. The number of carboxylic acids is 1. The van der Waals surface area contributed by atoms with Crippen LogP contribution in [0, 0.1) is 0 Å². The van der Waals surface area contributed by atoms with Crippen LogP contribution in [-0.2, 0) is 9.53 Å². The maximum absolute atomic E-state index is 9.60. The summed E-state index contributed by atoms with van der Waals surface area (Å²) in [7, 11) is 0. The van der Waals surface area contributed by atoms with Crippen LogP contribution in [0.15, 0.2) is 0 Å².